The molecule has 12 aromatic rings. The Bertz CT molecular complexity index is 3040. The van der Waals surface area contributed by atoms with Crippen molar-refractivity contribution in [3.05, 3.63) is 288 Å². The molecule has 8 bridgehead atoms. The largest absolute Gasteiger partial charge is 0.361 e. The molecule has 4 aromatic heterocycles. The molecule has 5 heterocycles. The minimum atomic E-state index is 0.641. The molecule has 0 radical (unpaired) electrons. The quantitative estimate of drug-likeness (QED) is 0.117. The van der Waals surface area contributed by atoms with Gasteiger partial charge in [-0.2, -0.15) is 0 Å². The summed E-state index contributed by atoms with van der Waals surface area (Å²) in [5, 5.41) is 0. The number of hydrogen-bond donors (Lipinski definition) is 4. The molecule has 72 heavy (non-hydrogen) atoms. The maximum Gasteiger partial charge on any atom is 0.0295 e. The van der Waals surface area contributed by atoms with Crippen molar-refractivity contribution in [1.29, 1.82) is 0 Å². The van der Waals surface area contributed by atoms with E-state index in [0.717, 1.165) is 0 Å². The second-order valence-corrected chi connectivity index (χ2v) is 19.0. The van der Waals surface area contributed by atoms with Gasteiger partial charge < -0.3 is 19.9 Å². The number of hydrogen-bond acceptors (Lipinski definition) is 0. The van der Waals surface area contributed by atoms with Gasteiger partial charge in [0.05, 0.1) is 0 Å². The highest BCUT2D eigenvalue weighted by atomic mass is 14.8. The smallest absolute Gasteiger partial charge is 0.0295 e. The molecular formula is C68H52N4. The average molecular weight is 925 g/mol. The van der Waals surface area contributed by atoms with Crippen molar-refractivity contribution in [3.63, 3.8) is 0 Å². The van der Waals surface area contributed by atoms with Crippen molar-refractivity contribution in [1.82, 2.24) is 19.9 Å². The summed E-state index contributed by atoms with van der Waals surface area (Å²) >= 11 is 0. The Morgan fingerprint density at radius 1 is 0.153 bits per heavy atom. The van der Waals surface area contributed by atoms with Gasteiger partial charge in [-0.15, -0.1) is 0 Å². The van der Waals surface area contributed by atoms with E-state index in [1.54, 1.807) is 0 Å². The number of nitrogens with one attached hydrogen (secondary N) is 4. The summed E-state index contributed by atoms with van der Waals surface area (Å²) in [5.74, 6) is 0. The van der Waals surface area contributed by atoms with Crippen LogP contribution in [0.25, 0.3) is 89.0 Å². The van der Waals surface area contributed by atoms with Gasteiger partial charge in [0.15, 0.2) is 0 Å². The zero-order chi connectivity index (χ0) is 47.8. The van der Waals surface area contributed by atoms with Crippen LogP contribution in [0, 0.1) is 0 Å². The van der Waals surface area contributed by atoms with Gasteiger partial charge in [-0.25, -0.2) is 0 Å². The predicted octanol–water partition coefficient (Wildman–Crippen LogP) is 17.0. The monoisotopic (exact) mass is 924 g/mol. The first-order valence-corrected chi connectivity index (χ1v) is 25.1. The van der Waals surface area contributed by atoms with E-state index in [2.05, 4.69) is 263 Å². The predicted molar refractivity (Wildman–Crippen MR) is 298 cm³/mol. The van der Waals surface area contributed by atoms with Gasteiger partial charge in [0.1, 0.15) is 0 Å². The molecule has 0 saturated carbocycles. The van der Waals surface area contributed by atoms with E-state index in [9.17, 15) is 0 Å². The molecular weight excluding hydrogens is 873 g/mol. The van der Waals surface area contributed by atoms with Crippen molar-refractivity contribution in [2.45, 2.75) is 25.7 Å². The highest BCUT2D eigenvalue weighted by Crippen LogP contribution is 2.48. The Labute approximate surface area is 420 Å². The third-order valence-corrected chi connectivity index (χ3v) is 14.5. The fraction of sp³-hybridized carbons (Fsp3) is 0.0588. The van der Waals surface area contributed by atoms with E-state index in [-0.39, 0.29) is 0 Å². The van der Waals surface area contributed by atoms with Crippen LogP contribution >= 0.6 is 0 Å². The van der Waals surface area contributed by atoms with E-state index in [1.165, 1.54) is 135 Å². The van der Waals surface area contributed by atoms with Crippen LogP contribution in [0.1, 0.15) is 45.6 Å². The summed E-state index contributed by atoms with van der Waals surface area (Å²) in [6.07, 6.45) is 2.56. The van der Waals surface area contributed by atoms with Crippen LogP contribution in [-0.4, -0.2) is 19.9 Å². The van der Waals surface area contributed by atoms with E-state index in [0.29, 0.717) is 25.7 Å². The Morgan fingerprint density at radius 3 is 0.375 bits per heavy atom. The number of rotatable bonds is 8. The molecule has 0 spiro atoms. The molecule has 0 fully saturated rings. The van der Waals surface area contributed by atoms with Crippen molar-refractivity contribution < 1.29 is 0 Å². The standard InChI is InChI=1S/C68H52N4/c1-9-25-45(26-10-1)61-53-41-55-63(47-29-13-3-14-30-47)65(49-33-17-5-18-34-49)57(70-55)43-59-67(51-37-21-7-22-38-51)68(52-39-23-8-24-40-52)60(72-59)44-58-66(50-35-19-6-20-36-50)64(48-31-15-4-16-32-48)56(71-58)42-54(69-53)62(61)46-27-11-2-12-28-46/h1-40,69-72H,41-44H2. The molecule has 344 valence electrons. The first kappa shape index (κ1) is 42.9. The second kappa shape index (κ2) is 18.7. The van der Waals surface area contributed by atoms with Crippen molar-refractivity contribution in [2.75, 3.05) is 0 Å². The lowest BCUT2D eigenvalue weighted by Crippen LogP contribution is -1.98. The van der Waals surface area contributed by atoms with Crippen LogP contribution in [0.5, 0.6) is 0 Å². The van der Waals surface area contributed by atoms with Crippen LogP contribution in [-0.2, 0) is 25.7 Å². The normalized spacial score (nSPS) is 12.2. The van der Waals surface area contributed by atoms with E-state index >= 15 is 0 Å². The van der Waals surface area contributed by atoms with Gasteiger partial charge in [-0.3, -0.25) is 0 Å². The summed E-state index contributed by atoms with van der Waals surface area (Å²) < 4.78 is 0. The lowest BCUT2D eigenvalue weighted by atomic mass is 9.89. The number of fused-ring (bicyclic) bond motifs is 8. The fourth-order valence-electron chi connectivity index (χ4n) is 11.6. The number of aromatic nitrogens is 4. The maximum absolute atomic E-state index is 4.22. The summed E-state index contributed by atoms with van der Waals surface area (Å²) in [4.78, 5) is 16.9. The zero-order valence-corrected chi connectivity index (χ0v) is 39.9. The molecule has 0 atom stereocenters. The molecule has 0 aliphatic carbocycles. The molecule has 4 nitrogen and oxygen atoms in total. The van der Waals surface area contributed by atoms with E-state index in [4.69, 9.17) is 0 Å². The van der Waals surface area contributed by atoms with E-state index < -0.39 is 0 Å². The van der Waals surface area contributed by atoms with Crippen molar-refractivity contribution >= 4 is 0 Å². The van der Waals surface area contributed by atoms with Gasteiger partial charge in [0, 0.05) is 116 Å². The van der Waals surface area contributed by atoms with Gasteiger partial charge >= 0.3 is 0 Å². The number of aromatic amines is 4. The minimum Gasteiger partial charge on any atom is -0.361 e. The van der Waals surface area contributed by atoms with Gasteiger partial charge in [-0.1, -0.05) is 243 Å². The lowest BCUT2D eigenvalue weighted by Gasteiger charge is -2.13. The van der Waals surface area contributed by atoms with Gasteiger partial charge in [0.25, 0.3) is 0 Å². The van der Waals surface area contributed by atoms with Crippen LogP contribution in [0.2, 0.25) is 0 Å². The Hall–Kier alpha value is -9.12. The highest BCUT2D eigenvalue weighted by molar-refractivity contribution is 5.94. The first-order chi connectivity index (χ1) is 35.7. The third kappa shape index (κ3) is 7.84. The lowest BCUT2D eigenvalue weighted by molar-refractivity contribution is 0.950. The fourth-order valence-corrected chi connectivity index (χ4v) is 11.6. The summed E-state index contributed by atoms with van der Waals surface area (Å²) in [6.45, 7) is 0. The third-order valence-electron chi connectivity index (χ3n) is 14.5. The highest BCUT2D eigenvalue weighted by Gasteiger charge is 2.31. The van der Waals surface area contributed by atoms with Crippen molar-refractivity contribution in [2.24, 2.45) is 0 Å². The SMILES string of the molecule is c1ccc(-c2c3[nH]c(c2-c2ccccc2)Cc2[nH]c(c(-c4ccccc4)c2-c2ccccc2)Cc2[nH]c(c(-c4ccccc4)c2-c2ccccc2)Cc2[nH]c(c(-c4ccccc4)c2-c2ccccc2)C3)cc1. The van der Waals surface area contributed by atoms with Crippen LogP contribution in [0.4, 0.5) is 0 Å². The number of benzene rings is 8. The van der Waals surface area contributed by atoms with Crippen LogP contribution in [0.15, 0.2) is 243 Å². The second-order valence-electron chi connectivity index (χ2n) is 19.0. The average Bonchev–Trinajstić information content (AvgIpc) is 4.20. The Kier molecular flexibility index (Phi) is 11.1. The molecule has 4 N–H and O–H groups in total. The maximum atomic E-state index is 4.22. The summed E-state index contributed by atoms with van der Waals surface area (Å²) in [6, 6.07) is 88.0. The summed E-state index contributed by atoms with van der Waals surface area (Å²) in [7, 11) is 0. The summed E-state index contributed by atoms with van der Waals surface area (Å²) in [5.41, 5.74) is 28.6. The van der Waals surface area contributed by atoms with E-state index in [1.807, 2.05) is 0 Å². The molecule has 1 aliphatic heterocycles. The molecule has 0 amide bonds. The Morgan fingerprint density at radius 2 is 0.264 bits per heavy atom. The molecule has 1 aliphatic rings. The molecule has 0 saturated heterocycles. The molecule has 13 rings (SSSR count). The van der Waals surface area contributed by atoms with Crippen molar-refractivity contribution in [3.8, 4) is 89.0 Å². The molecule has 4 heteroatoms. The van der Waals surface area contributed by atoms with Gasteiger partial charge in [-0.05, 0) is 44.5 Å². The number of H-pyrrole nitrogens is 4. The Balaban J connectivity index is 1.17. The topological polar surface area (TPSA) is 63.2 Å². The molecule has 0 unspecified atom stereocenters. The first-order valence-electron chi connectivity index (χ1n) is 25.1. The van der Waals surface area contributed by atoms with Crippen LogP contribution in [0.3, 0.4) is 0 Å². The zero-order valence-electron chi connectivity index (χ0n) is 39.9. The minimum absolute atomic E-state index is 0.641. The van der Waals surface area contributed by atoms with Crippen LogP contribution < -0.4 is 0 Å². The molecule has 8 aromatic carbocycles. The van der Waals surface area contributed by atoms with Gasteiger partial charge in [0.2, 0.25) is 0 Å².